The van der Waals surface area contributed by atoms with Crippen LogP contribution in [0.15, 0.2) is 30.3 Å². The van der Waals surface area contributed by atoms with Crippen LogP contribution in [0.1, 0.15) is 17.7 Å². The molecular formula is C10H12O2S. The zero-order valence-corrected chi connectivity index (χ0v) is 8.25. The molecule has 1 rings (SSSR count). The van der Waals surface area contributed by atoms with Crippen molar-refractivity contribution in [2.45, 2.75) is 12.2 Å². The molecule has 0 unspecified atom stereocenters. The van der Waals surface area contributed by atoms with E-state index in [9.17, 15) is 4.79 Å². The van der Waals surface area contributed by atoms with E-state index in [2.05, 4.69) is 0 Å². The summed E-state index contributed by atoms with van der Waals surface area (Å²) in [6.07, 6.45) is 0. The molecule has 0 aliphatic carbocycles. The summed E-state index contributed by atoms with van der Waals surface area (Å²) in [5, 5.41) is 8.74. The van der Waals surface area contributed by atoms with Gasteiger partial charge in [0.05, 0.1) is 5.75 Å². The monoisotopic (exact) mass is 196 g/mol. The minimum absolute atomic E-state index is 0.163. The van der Waals surface area contributed by atoms with E-state index < -0.39 is 5.97 Å². The van der Waals surface area contributed by atoms with Crippen LogP contribution in [-0.4, -0.2) is 16.8 Å². The summed E-state index contributed by atoms with van der Waals surface area (Å²) in [6, 6.07) is 9.91. The van der Waals surface area contributed by atoms with Crippen molar-refractivity contribution in [1.82, 2.24) is 0 Å². The number of thioether (sulfide) groups is 1. The van der Waals surface area contributed by atoms with Gasteiger partial charge in [0.1, 0.15) is 0 Å². The van der Waals surface area contributed by atoms with Crippen LogP contribution < -0.4 is 0 Å². The molecule has 70 valence electrons. The van der Waals surface area contributed by atoms with Crippen LogP contribution in [0.25, 0.3) is 0 Å². The van der Waals surface area contributed by atoms with Gasteiger partial charge in [0.25, 0.3) is 0 Å². The Kier molecular flexibility index (Phi) is 3.83. The van der Waals surface area contributed by atoms with Gasteiger partial charge in [0.15, 0.2) is 0 Å². The smallest absolute Gasteiger partial charge is 0.313 e. The number of carboxylic acids is 1. The molecule has 1 aromatic rings. The Bertz CT molecular complexity index is 272. The maximum Gasteiger partial charge on any atom is 0.313 e. The lowest BCUT2D eigenvalue weighted by atomic mass is 10.2. The van der Waals surface area contributed by atoms with E-state index in [-0.39, 0.29) is 11.0 Å². The molecule has 0 aliphatic heterocycles. The Morgan fingerprint density at radius 1 is 1.46 bits per heavy atom. The van der Waals surface area contributed by atoms with E-state index in [0.717, 1.165) is 0 Å². The highest BCUT2D eigenvalue weighted by Gasteiger charge is 2.06. The number of rotatable bonds is 4. The summed E-state index contributed by atoms with van der Waals surface area (Å²) in [6.45, 7) is 2.02. The quantitative estimate of drug-likeness (QED) is 0.804. The lowest BCUT2D eigenvalue weighted by Gasteiger charge is -2.09. The van der Waals surface area contributed by atoms with Crippen molar-refractivity contribution in [2.24, 2.45) is 0 Å². The van der Waals surface area contributed by atoms with Crippen LogP contribution in [0, 0.1) is 0 Å². The minimum Gasteiger partial charge on any atom is -0.481 e. The summed E-state index contributed by atoms with van der Waals surface area (Å²) in [5.41, 5.74) is 1.17. The fourth-order valence-electron chi connectivity index (χ4n) is 1.02. The van der Waals surface area contributed by atoms with Crippen LogP contribution >= 0.6 is 11.8 Å². The molecule has 3 heteroatoms. The SMILES string of the molecule is C[C@H](SCC(=O)O)c1ccccc1. The molecule has 13 heavy (non-hydrogen) atoms. The first-order valence-electron chi connectivity index (χ1n) is 4.08. The third-order valence-electron chi connectivity index (χ3n) is 1.73. The minimum atomic E-state index is -0.757. The molecule has 1 aromatic carbocycles. The molecule has 0 spiro atoms. The molecule has 0 radical (unpaired) electrons. The second-order valence-corrected chi connectivity index (χ2v) is 4.09. The molecule has 0 aromatic heterocycles. The third-order valence-corrected chi connectivity index (χ3v) is 2.91. The van der Waals surface area contributed by atoms with Gasteiger partial charge in [-0.05, 0) is 12.5 Å². The first-order valence-corrected chi connectivity index (χ1v) is 5.13. The summed E-state index contributed by atoms with van der Waals surface area (Å²) in [5.74, 6) is -0.594. The molecular weight excluding hydrogens is 184 g/mol. The van der Waals surface area contributed by atoms with Crippen molar-refractivity contribution < 1.29 is 9.90 Å². The standard InChI is InChI=1S/C10H12O2S/c1-8(13-7-10(11)12)9-5-3-2-4-6-9/h2-6,8H,7H2,1H3,(H,11,12)/t8-/m0/s1. The summed E-state index contributed by atoms with van der Waals surface area (Å²) in [4.78, 5) is 10.3. The Morgan fingerprint density at radius 3 is 2.62 bits per heavy atom. The number of carbonyl (C=O) groups is 1. The molecule has 0 fully saturated rings. The Morgan fingerprint density at radius 2 is 2.08 bits per heavy atom. The number of benzene rings is 1. The van der Waals surface area contributed by atoms with Gasteiger partial charge >= 0.3 is 5.97 Å². The van der Waals surface area contributed by atoms with Gasteiger partial charge in [0.2, 0.25) is 0 Å². The van der Waals surface area contributed by atoms with Crippen molar-refractivity contribution in [3.05, 3.63) is 35.9 Å². The van der Waals surface area contributed by atoms with Crippen molar-refractivity contribution in [3.63, 3.8) is 0 Å². The lowest BCUT2D eigenvalue weighted by molar-refractivity contribution is -0.133. The molecule has 1 N–H and O–H groups in total. The summed E-state index contributed by atoms with van der Waals surface area (Å²) < 4.78 is 0. The first-order chi connectivity index (χ1) is 6.20. The van der Waals surface area contributed by atoms with Gasteiger partial charge in [-0.2, -0.15) is 0 Å². The highest BCUT2D eigenvalue weighted by molar-refractivity contribution is 8.00. The van der Waals surface area contributed by atoms with Gasteiger partial charge in [0, 0.05) is 5.25 Å². The van der Waals surface area contributed by atoms with E-state index in [4.69, 9.17) is 5.11 Å². The topological polar surface area (TPSA) is 37.3 Å². The molecule has 0 heterocycles. The van der Waals surface area contributed by atoms with Crippen molar-refractivity contribution in [2.75, 3.05) is 5.75 Å². The van der Waals surface area contributed by atoms with E-state index >= 15 is 0 Å². The Hall–Kier alpha value is -0.960. The van der Waals surface area contributed by atoms with Crippen LogP contribution in [0.5, 0.6) is 0 Å². The Labute approximate surface area is 82.0 Å². The van der Waals surface area contributed by atoms with E-state index in [0.29, 0.717) is 0 Å². The highest BCUT2D eigenvalue weighted by atomic mass is 32.2. The maximum absolute atomic E-state index is 10.3. The number of carboxylic acid groups (broad SMARTS) is 1. The molecule has 0 bridgehead atoms. The van der Waals surface area contributed by atoms with Crippen LogP contribution in [-0.2, 0) is 4.79 Å². The normalized spacial score (nSPS) is 12.4. The Balaban J connectivity index is 2.49. The number of aliphatic carboxylic acids is 1. The second kappa shape index (κ2) is 4.92. The zero-order valence-electron chi connectivity index (χ0n) is 7.43. The fourth-order valence-corrected chi connectivity index (χ4v) is 1.76. The molecule has 2 nitrogen and oxygen atoms in total. The zero-order chi connectivity index (χ0) is 9.68. The molecule has 1 atom stereocenters. The predicted octanol–water partition coefficient (Wildman–Crippen LogP) is 2.57. The van der Waals surface area contributed by atoms with Gasteiger partial charge in [-0.25, -0.2) is 0 Å². The van der Waals surface area contributed by atoms with Crippen molar-refractivity contribution >= 4 is 17.7 Å². The van der Waals surface area contributed by atoms with E-state index in [1.807, 2.05) is 37.3 Å². The van der Waals surface area contributed by atoms with E-state index in [1.54, 1.807) is 0 Å². The molecule has 0 amide bonds. The average molecular weight is 196 g/mol. The van der Waals surface area contributed by atoms with Crippen molar-refractivity contribution in [1.29, 1.82) is 0 Å². The fraction of sp³-hybridized carbons (Fsp3) is 0.300. The van der Waals surface area contributed by atoms with Crippen LogP contribution in [0.2, 0.25) is 0 Å². The maximum atomic E-state index is 10.3. The molecule has 0 aliphatic rings. The lowest BCUT2D eigenvalue weighted by Crippen LogP contribution is -2.00. The predicted molar refractivity (Wildman–Crippen MR) is 55.0 cm³/mol. The van der Waals surface area contributed by atoms with Crippen LogP contribution in [0.4, 0.5) is 0 Å². The van der Waals surface area contributed by atoms with Gasteiger partial charge in [-0.1, -0.05) is 30.3 Å². The van der Waals surface area contributed by atoms with Gasteiger partial charge in [-0.15, -0.1) is 11.8 Å². The summed E-state index contributed by atoms with van der Waals surface area (Å²) in [7, 11) is 0. The van der Waals surface area contributed by atoms with E-state index in [1.165, 1.54) is 17.3 Å². The third kappa shape index (κ3) is 3.51. The first kappa shape index (κ1) is 10.1. The average Bonchev–Trinajstić information content (AvgIpc) is 2.15. The number of hydrogen-bond donors (Lipinski definition) is 1. The molecule has 0 saturated carbocycles. The number of hydrogen-bond acceptors (Lipinski definition) is 2. The second-order valence-electron chi connectivity index (χ2n) is 2.76. The molecule has 0 saturated heterocycles. The van der Waals surface area contributed by atoms with Crippen LogP contribution in [0.3, 0.4) is 0 Å². The largest absolute Gasteiger partial charge is 0.481 e. The van der Waals surface area contributed by atoms with Gasteiger partial charge in [-0.3, -0.25) is 4.79 Å². The van der Waals surface area contributed by atoms with Crippen molar-refractivity contribution in [3.8, 4) is 0 Å². The highest BCUT2D eigenvalue weighted by Crippen LogP contribution is 2.27. The van der Waals surface area contributed by atoms with Gasteiger partial charge < -0.3 is 5.11 Å². The summed E-state index contributed by atoms with van der Waals surface area (Å²) >= 11 is 1.44.